The molecule has 0 aliphatic rings. The predicted octanol–water partition coefficient (Wildman–Crippen LogP) is 8.63. The van der Waals surface area contributed by atoms with Crippen LogP contribution in [0.4, 0.5) is 10.1 Å². The summed E-state index contributed by atoms with van der Waals surface area (Å²) in [5.74, 6) is -0.288. The van der Waals surface area contributed by atoms with Crippen molar-refractivity contribution >= 4 is 78.6 Å². The molecule has 0 bridgehead atoms. The first kappa shape index (κ1) is 36.3. The summed E-state index contributed by atoms with van der Waals surface area (Å²) in [6.07, 6.45) is 0.526. The Hall–Kier alpha value is -2.94. The van der Waals surface area contributed by atoms with Gasteiger partial charge in [0.2, 0.25) is 0 Å². The van der Waals surface area contributed by atoms with Crippen molar-refractivity contribution < 1.29 is 8.82 Å². The Bertz CT molecular complexity index is 1710. The summed E-state index contributed by atoms with van der Waals surface area (Å²) in [6, 6.07) is 49.3. The second-order valence-electron chi connectivity index (χ2n) is 13.7. The van der Waals surface area contributed by atoms with Crippen molar-refractivity contribution in [1.82, 2.24) is 5.32 Å². The summed E-state index contributed by atoms with van der Waals surface area (Å²) < 4.78 is 18.6. The van der Waals surface area contributed by atoms with Gasteiger partial charge in [-0.25, -0.2) is 0 Å². The van der Waals surface area contributed by atoms with Crippen molar-refractivity contribution in [3.63, 3.8) is 0 Å². The van der Waals surface area contributed by atoms with Crippen LogP contribution in [0.3, 0.4) is 0 Å². The molecule has 5 aromatic rings. The van der Waals surface area contributed by atoms with Crippen LogP contribution in [0.5, 0.6) is 0 Å². The number of rotatable bonds is 11. The van der Waals surface area contributed by atoms with Crippen molar-refractivity contribution in [1.29, 1.82) is 0 Å². The normalized spacial score (nSPS) is 14.3. The van der Waals surface area contributed by atoms with Gasteiger partial charge in [0, 0.05) is 0 Å². The first-order valence-electron chi connectivity index (χ1n) is 16.3. The molecule has 0 saturated heterocycles. The molecule has 0 amide bonds. The van der Waals surface area contributed by atoms with Gasteiger partial charge >= 0.3 is 307 Å². The second kappa shape index (κ2) is 14.9. The Morgan fingerprint density at radius 3 is 1.58 bits per heavy atom. The summed E-state index contributed by atoms with van der Waals surface area (Å²) in [5, 5.41) is 12.4. The van der Waals surface area contributed by atoms with E-state index in [2.05, 4.69) is 188 Å². The van der Waals surface area contributed by atoms with Crippen LogP contribution < -0.4 is 31.6 Å². The maximum atomic E-state index is 13.7. The number of hydrogen-bond donors (Lipinski definition) is 2. The fraction of sp³-hybridized carbons (Fsp3) is 0.225. The van der Waals surface area contributed by atoms with Crippen molar-refractivity contribution in [3.8, 4) is 0 Å². The van der Waals surface area contributed by atoms with Crippen LogP contribution in [0.25, 0.3) is 0 Å². The number of halogens is 2. The fourth-order valence-corrected chi connectivity index (χ4v) is 18.8. The third-order valence-electron chi connectivity index (χ3n) is 9.24. The molecule has 8 heteroatoms. The third kappa shape index (κ3) is 7.76. The van der Waals surface area contributed by atoms with Gasteiger partial charge in [0.1, 0.15) is 0 Å². The van der Waals surface area contributed by atoms with Crippen LogP contribution in [-0.4, -0.2) is 38.4 Å². The second-order valence-corrected chi connectivity index (χ2v) is 30.9. The summed E-state index contributed by atoms with van der Waals surface area (Å²) in [4.78, 5) is 0. The predicted molar refractivity (Wildman–Crippen MR) is 222 cm³/mol. The van der Waals surface area contributed by atoms with Gasteiger partial charge in [0.15, 0.2) is 0 Å². The Labute approximate surface area is 305 Å². The van der Waals surface area contributed by atoms with E-state index in [0.29, 0.717) is 5.11 Å². The summed E-state index contributed by atoms with van der Waals surface area (Å²) in [7, 11) is -2.90. The van der Waals surface area contributed by atoms with Gasteiger partial charge in [-0.2, -0.15) is 0 Å². The van der Waals surface area contributed by atoms with Crippen LogP contribution in [0, 0.1) is 5.82 Å². The van der Waals surface area contributed by atoms with Gasteiger partial charge in [-0.3, -0.25) is 0 Å². The van der Waals surface area contributed by atoms with Crippen LogP contribution in [-0.2, 0) is 4.43 Å². The maximum absolute atomic E-state index is 13.7. The average molecular weight is 807 g/mol. The van der Waals surface area contributed by atoms with Crippen molar-refractivity contribution in [2.45, 2.75) is 44.9 Å². The van der Waals surface area contributed by atoms with Crippen molar-refractivity contribution in [2.24, 2.45) is 0 Å². The Kier molecular flexibility index (Phi) is 11.3. The summed E-state index contributed by atoms with van der Waals surface area (Å²) in [6.45, 7) is 11.6. The van der Waals surface area contributed by atoms with Gasteiger partial charge in [-0.05, 0) is 0 Å². The van der Waals surface area contributed by atoms with E-state index in [1.807, 2.05) is 0 Å². The zero-order chi connectivity index (χ0) is 34.4. The van der Waals surface area contributed by atoms with Gasteiger partial charge in [0.05, 0.1) is 0 Å². The molecule has 5 rings (SSSR count). The molecule has 0 unspecified atom stereocenters. The summed E-state index contributed by atoms with van der Waals surface area (Å²) in [5.41, 5.74) is 0.725. The monoisotopic (exact) mass is 806 g/mol. The topological polar surface area (TPSA) is 33.3 Å². The number of anilines is 1. The molecule has 0 heterocycles. The van der Waals surface area contributed by atoms with E-state index in [9.17, 15) is 4.39 Å². The zero-order valence-electron chi connectivity index (χ0n) is 28.2. The van der Waals surface area contributed by atoms with E-state index in [1.165, 1.54) is 33.1 Å². The fourth-order valence-electron chi connectivity index (χ4n) is 6.69. The van der Waals surface area contributed by atoms with Gasteiger partial charge in [0.25, 0.3) is 0 Å². The zero-order valence-corrected chi connectivity index (χ0v) is 33.1. The number of benzene rings is 5. The van der Waals surface area contributed by atoms with E-state index in [0.717, 1.165) is 11.8 Å². The minimum atomic E-state index is -2.90. The van der Waals surface area contributed by atoms with Crippen LogP contribution in [0.1, 0.15) is 27.7 Å². The Morgan fingerprint density at radius 1 is 0.750 bits per heavy atom. The average Bonchev–Trinajstić information content (AvgIpc) is 3.09. The molecule has 0 aromatic heterocycles. The summed E-state index contributed by atoms with van der Waals surface area (Å²) >= 11 is 8.76. The van der Waals surface area contributed by atoms with E-state index >= 15 is 0 Å². The molecule has 0 fully saturated rings. The first-order valence-corrected chi connectivity index (χ1v) is 24.3. The minimum absolute atomic E-state index is 0.188. The van der Waals surface area contributed by atoms with E-state index < -0.39 is 12.6 Å². The van der Waals surface area contributed by atoms with Crippen LogP contribution in [0.2, 0.25) is 5.04 Å². The van der Waals surface area contributed by atoms with Gasteiger partial charge in [-0.1, -0.05) is 0 Å². The quantitative estimate of drug-likeness (QED) is 0.0607. The molecule has 48 heavy (non-hydrogen) atoms. The third-order valence-corrected chi connectivity index (χ3v) is 23.6. The van der Waals surface area contributed by atoms with Gasteiger partial charge < -0.3 is 0 Å². The molecular formula is C40H45FIN2OPSSi. The molecular weight excluding hydrogens is 761 g/mol. The molecule has 2 atom stereocenters. The first-order chi connectivity index (χ1) is 22.8. The SMILES string of the molecule is C[C@@H](O[Si](c1ccccc1)(c1ccccc1)C(C)(C)C)[C@@H](CP(C)(I)(c1ccccc1)c1ccccc1)NC(=S)Nc1ccc(F)cc1. The number of hydrogen-bond acceptors (Lipinski definition) is 2. The molecule has 0 radical (unpaired) electrons. The molecule has 0 aliphatic carbocycles. The standard InChI is InChI=1S/C40H45FIN2OPSSi/c1-31(45-48(40(2,3)4,36-22-14-8-15-23-36)37-24-16-9-17-25-37)38(44-39(47)43-33-28-26-32(41)27-29-33)30-46(5,42,34-18-10-6-11-19-34)35-20-12-7-13-21-35/h6-29,31,38H,30H2,1-5H3,(H2,43,44,47)/t31-,38-/m1/s1. The van der Waals surface area contributed by atoms with E-state index in [1.54, 1.807) is 12.1 Å². The molecule has 2 N–H and O–H groups in total. The number of nitrogens with one attached hydrogen (secondary N) is 2. The van der Waals surface area contributed by atoms with E-state index in [4.69, 9.17) is 16.6 Å². The molecule has 0 aliphatic heterocycles. The Balaban J connectivity index is 1.64. The van der Waals surface area contributed by atoms with Crippen LogP contribution >= 0.6 is 38.5 Å². The molecule has 5 aromatic carbocycles. The van der Waals surface area contributed by atoms with E-state index in [-0.39, 0.29) is 23.0 Å². The molecule has 250 valence electrons. The van der Waals surface area contributed by atoms with Gasteiger partial charge in [-0.15, -0.1) is 0 Å². The Morgan fingerprint density at radius 2 is 1.17 bits per heavy atom. The molecule has 0 spiro atoms. The molecule has 3 nitrogen and oxygen atoms in total. The number of thiocarbonyl (C=S) groups is 1. The van der Waals surface area contributed by atoms with Crippen molar-refractivity contribution in [3.05, 3.63) is 151 Å². The van der Waals surface area contributed by atoms with Crippen LogP contribution in [0.15, 0.2) is 146 Å². The molecule has 0 saturated carbocycles. The van der Waals surface area contributed by atoms with Crippen molar-refractivity contribution in [2.75, 3.05) is 18.1 Å².